The molecule has 2 aromatic carbocycles. The molecule has 0 aromatic heterocycles. The quantitative estimate of drug-likeness (QED) is 0.662. The molecule has 6 heteroatoms. The molecule has 0 heterocycles. The van der Waals surface area contributed by atoms with E-state index < -0.39 is 11.8 Å². The van der Waals surface area contributed by atoms with E-state index in [2.05, 4.69) is 5.32 Å². The lowest BCUT2D eigenvalue weighted by molar-refractivity contribution is 0.0526. The van der Waals surface area contributed by atoms with Crippen LogP contribution in [0.4, 0.5) is 21.5 Å². The van der Waals surface area contributed by atoms with E-state index in [9.17, 15) is 9.18 Å². The molecule has 0 saturated heterocycles. The number of halogens is 2. The Morgan fingerprint density at radius 1 is 1.33 bits per heavy atom. The number of nitrogens with two attached hydrogens (primary N) is 1. The average molecular weight is 309 g/mol. The van der Waals surface area contributed by atoms with E-state index in [0.717, 1.165) is 0 Å². The molecule has 0 fully saturated rings. The van der Waals surface area contributed by atoms with Crippen LogP contribution in [0.3, 0.4) is 0 Å². The molecule has 0 aliphatic rings. The molecule has 0 aliphatic carbocycles. The highest BCUT2D eigenvalue weighted by molar-refractivity contribution is 6.31. The van der Waals surface area contributed by atoms with E-state index in [1.165, 1.54) is 18.2 Å². The Balaban J connectivity index is 2.28. The summed E-state index contributed by atoms with van der Waals surface area (Å²) in [6.45, 7) is 2.02. The van der Waals surface area contributed by atoms with Crippen molar-refractivity contribution >= 4 is 34.6 Å². The Morgan fingerprint density at radius 2 is 2.10 bits per heavy atom. The number of rotatable bonds is 4. The summed E-state index contributed by atoms with van der Waals surface area (Å²) in [6.07, 6.45) is 0. The van der Waals surface area contributed by atoms with Crippen molar-refractivity contribution in [3.63, 3.8) is 0 Å². The van der Waals surface area contributed by atoms with Gasteiger partial charge in [0.05, 0.1) is 28.6 Å². The Bertz CT molecular complexity index is 677. The zero-order valence-corrected chi connectivity index (χ0v) is 12.1. The molecular formula is C15H14ClFN2O2. The van der Waals surface area contributed by atoms with E-state index in [0.29, 0.717) is 29.2 Å². The number of nitrogens with one attached hydrogen (secondary N) is 1. The average Bonchev–Trinajstić information content (AvgIpc) is 2.45. The second-order valence-electron chi connectivity index (χ2n) is 4.28. The summed E-state index contributed by atoms with van der Waals surface area (Å²) in [5.74, 6) is -0.937. The Hall–Kier alpha value is -2.27. The number of hydrogen-bond acceptors (Lipinski definition) is 4. The third kappa shape index (κ3) is 3.64. The molecule has 4 nitrogen and oxygen atoms in total. The first-order chi connectivity index (χ1) is 10.0. The number of anilines is 3. The molecule has 0 aliphatic heterocycles. The van der Waals surface area contributed by atoms with Crippen molar-refractivity contribution in [1.29, 1.82) is 0 Å². The van der Waals surface area contributed by atoms with Gasteiger partial charge in [-0.05, 0) is 43.3 Å². The highest BCUT2D eigenvalue weighted by Crippen LogP contribution is 2.27. The molecule has 0 spiro atoms. The lowest BCUT2D eigenvalue weighted by Crippen LogP contribution is -2.06. The van der Waals surface area contributed by atoms with Crippen molar-refractivity contribution in [3.05, 3.63) is 52.8 Å². The predicted molar refractivity (Wildman–Crippen MR) is 81.5 cm³/mol. The second-order valence-corrected chi connectivity index (χ2v) is 4.68. The van der Waals surface area contributed by atoms with Crippen LogP contribution in [0, 0.1) is 5.82 Å². The SMILES string of the molecule is CCOC(=O)c1ccc(N)c(Nc2ccc(F)c(Cl)c2)c1. The summed E-state index contributed by atoms with van der Waals surface area (Å²) in [6, 6.07) is 8.96. The normalized spacial score (nSPS) is 10.2. The topological polar surface area (TPSA) is 64.3 Å². The molecule has 21 heavy (non-hydrogen) atoms. The van der Waals surface area contributed by atoms with Gasteiger partial charge in [0, 0.05) is 5.69 Å². The van der Waals surface area contributed by atoms with Gasteiger partial charge in [0.15, 0.2) is 0 Å². The van der Waals surface area contributed by atoms with Gasteiger partial charge in [0.2, 0.25) is 0 Å². The van der Waals surface area contributed by atoms with E-state index in [-0.39, 0.29) is 5.02 Å². The molecule has 0 bridgehead atoms. The summed E-state index contributed by atoms with van der Waals surface area (Å²) in [4.78, 5) is 11.7. The minimum absolute atomic E-state index is 0.000110. The van der Waals surface area contributed by atoms with Gasteiger partial charge in [-0.25, -0.2) is 9.18 Å². The number of esters is 1. The third-order valence-electron chi connectivity index (χ3n) is 2.76. The van der Waals surface area contributed by atoms with Crippen molar-refractivity contribution < 1.29 is 13.9 Å². The van der Waals surface area contributed by atoms with E-state index >= 15 is 0 Å². The third-order valence-corrected chi connectivity index (χ3v) is 3.05. The highest BCUT2D eigenvalue weighted by Gasteiger charge is 2.10. The maximum atomic E-state index is 13.1. The first-order valence-electron chi connectivity index (χ1n) is 6.30. The Labute approximate surface area is 126 Å². The number of ether oxygens (including phenoxy) is 1. The zero-order chi connectivity index (χ0) is 15.4. The van der Waals surface area contributed by atoms with Gasteiger partial charge in [0.1, 0.15) is 5.82 Å². The molecule has 2 rings (SSSR count). The van der Waals surface area contributed by atoms with E-state index in [1.807, 2.05) is 0 Å². The first kappa shape index (κ1) is 15.1. The van der Waals surface area contributed by atoms with Crippen LogP contribution >= 0.6 is 11.6 Å². The fourth-order valence-corrected chi connectivity index (χ4v) is 1.92. The highest BCUT2D eigenvalue weighted by atomic mass is 35.5. The number of carbonyl (C=O) groups is 1. The lowest BCUT2D eigenvalue weighted by atomic mass is 10.1. The minimum atomic E-state index is -0.504. The van der Waals surface area contributed by atoms with Crippen molar-refractivity contribution in [2.24, 2.45) is 0 Å². The summed E-state index contributed by atoms with van der Waals surface area (Å²) >= 11 is 5.72. The maximum Gasteiger partial charge on any atom is 0.338 e. The van der Waals surface area contributed by atoms with Crippen LogP contribution in [0.25, 0.3) is 0 Å². The summed E-state index contributed by atoms with van der Waals surface area (Å²) < 4.78 is 18.1. The monoisotopic (exact) mass is 308 g/mol. The van der Waals surface area contributed by atoms with Crippen LogP contribution < -0.4 is 11.1 Å². The molecular weight excluding hydrogens is 295 g/mol. The largest absolute Gasteiger partial charge is 0.462 e. The first-order valence-corrected chi connectivity index (χ1v) is 6.67. The molecule has 0 saturated carbocycles. The summed E-state index contributed by atoms with van der Waals surface area (Å²) in [7, 11) is 0. The number of hydrogen-bond donors (Lipinski definition) is 2. The van der Waals surface area contributed by atoms with Crippen LogP contribution in [0.15, 0.2) is 36.4 Å². The van der Waals surface area contributed by atoms with Crippen LogP contribution in [-0.4, -0.2) is 12.6 Å². The van der Waals surface area contributed by atoms with Crippen LogP contribution in [-0.2, 0) is 4.74 Å². The fraction of sp³-hybridized carbons (Fsp3) is 0.133. The van der Waals surface area contributed by atoms with Gasteiger partial charge in [0.25, 0.3) is 0 Å². The number of carbonyl (C=O) groups excluding carboxylic acids is 1. The van der Waals surface area contributed by atoms with Crippen molar-refractivity contribution in [3.8, 4) is 0 Å². The van der Waals surface area contributed by atoms with Crippen molar-refractivity contribution in [2.75, 3.05) is 17.7 Å². The van der Waals surface area contributed by atoms with Gasteiger partial charge in [-0.2, -0.15) is 0 Å². The van der Waals surface area contributed by atoms with Gasteiger partial charge in [-0.1, -0.05) is 11.6 Å². The van der Waals surface area contributed by atoms with Crippen LogP contribution in [0.2, 0.25) is 5.02 Å². The number of nitrogen functional groups attached to an aromatic ring is 1. The standard InChI is InChI=1S/C15H14ClFN2O2/c1-2-21-15(20)9-3-6-13(18)14(7-9)19-10-4-5-12(17)11(16)8-10/h3-8,19H,2,18H2,1H3. The Morgan fingerprint density at radius 3 is 2.76 bits per heavy atom. The van der Waals surface area contributed by atoms with E-state index in [1.54, 1.807) is 25.1 Å². The second kappa shape index (κ2) is 6.45. The molecule has 0 radical (unpaired) electrons. The number of benzene rings is 2. The van der Waals surface area contributed by atoms with Gasteiger partial charge in [-0.3, -0.25) is 0 Å². The summed E-state index contributed by atoms with van der Waals surface area (Å²) in [5, 5.41) is 2.99. The predicted octanol–water partition coefficient (Wildman–Crippen LogP) is 3.98. The molecule has 3 N–H and O–H groups in total. The molecule has 0 unspecified atom stereocenters. The molecule has 2 aromatic rings. The van der Waals surface area contributed by atoms with Crippen LogP contribution in [0.1, 0.15) is 17.3 Å². The van der Waals surface area contributed by atoms with Gasteiger partial charge < -0.3 is 15.8 Å². The van der Waals surface area contributed by atoms with Gasteiger partial charge >= 0.3 is 5.97 Å². The van der Waals surface area contributed by atoms with Crippen molar-refractivity contribution in [1.82, 2.24) is 0 Å². The fourth-order valence-electron chi connectivity index (χ4n) is 1.74. The van der Waals surface area contributed by atoms with Gasteiger partial charge in [-0.15, -0.1) is 0 Å². The lowest BCUT2D eigenvalue weighted by Gasteiger charge is -2.11. The zero-order valence-electron chi connectivity index (χ0n) is 11.3. The molecule has 110 valence electrons. The minimum Gasteiger partial charge on any atom is -0.462 e. The van der Waals surface area contributed by atoms with Crippen molar-refractivity contribution in [2.45, 2.75) is 6.92 Å². The maximum absolute atomic E-state index is 13.1. The molecule has 0 amide bonds. The summed E-state index contributed by atoms with van der Waals surface area (Å²) in [5.41, 5.74) is 7.76. The smallest absolute Gasteiger partial charge is 0.338 e. The van der Waals surface area contributed by atoms with Crippen LogP contribution in [0.5, 0.6) is 0 Å². The van der Waals surface area contributed by atoms with E-state index in [4.69, 9.17) is 22.1 Å². The molecule has 0 atom stereocenters. The Kier molecular flexibility index (Phi) is 4.65.